The van der Waals surface area contributed by atoms with Gasteiger partial charge >= 0.3 is 0 Å². The van der Waals surface area contributed by atoms with E-state index in [1.165, 1.54) is 6.33 Å². The molecule has 1 aromatic heterocycles. The third-order valence-corrected chi connectivity index (χ3v) is 3.87. The summed E-state index contributed by atoms with van der Waals surface area (Å²) in [6.07, 6.45) is 2.34. The van der Waals surface area contributed by atoms with Crippen LogP contribution in [-0.4, -0.2) is 21.9 Å². The van der Waals surface area contributed by atoms with Crippen molar-refractivity contribution < 1.29 is 4.79 Å². The van der Waals surface area contributed by atoms with Crippen molar-refractivity contribution in [1.82, 2.24) is 9.97 Å². The second kappa shape index (κ2) is 7.42. The summed E-state index contributed by atoms with van der Waals surface area (Å²) in [5.74, 6) is 0.319. The van der Waals surface area contributed by atoms with Gasteiger partial charge in [0.25, 0.3) is 5.91 Å². The molecule has 1 aromatic carbocycles. The second-order valence-corrected chi connectivity index (χ2v) is 6.04. The number of carbonyl (C=O) groups excluding carboxylic acids is 1. The summed E-state index contributed by atoms with van der Waals surface area (Å²) in [6.45, 7) is 8.00. The molecular formula is C17H21ClN4O. The quantitative estimate of drug-likeness (QED) is 0.860. The van der Waals surface area contributed by atoms with Crippen molar-refractivity contribution in [2.75, 3.05) is 10.6 Å². The van der Waals surface area contributed by atoms with E-state index in [2.05, 4.69) is 34.4 Å². The van der Waals surface area contributed by atoms with Crippen molar-refractivity contribution in [3.05, 3.63) is 46.4 Å². The van der Waals surface area contributed by atoms with Gasteiger partial charge in [-0.3, -0.25) is 4.79 Å². The molecule has 1 unspecified atom stereocenters. The van der Waals surface area contributed by atoms with Crippen LogP contribution in [0, 0.1) is 13.8 Å². The first-order valence-electron chi connectivity index (χ1n) is 7.57. The summed E-state index contributed by atoms with van der Waals surface area (Å²) in [5, 5.41) is 6.57. The van der Waals surface area contributed by atoms with Crippen LogP contribution in [0.4, 0.5) is 11.5 Å². The molecule has 1 atom stereocenters. The lowest BCUT2D eigenvalue weighted by molar-refractivity contribution is 0.102. The number of hydrogen-bond acceptors (Lipinski definition) is 4. The monoisotopic (exact) mass is 332 g/mol. The lowest BCUT2D eigenvalue weighted by Gasteiger charge is -2.13. The van der Waals surface area contributed by atoms with Gasteiger partial charge < -0.3 is 10.6 Å². The van der Waals surface area contributed by atoms with Crippen LogP contribution in [0.3, 0.4) is 0 Å². The average Bonchev–Trinajstić information content (AvgIpc) is 2.50. The minimum absolute atomic E-state index is 0.273. The number of benzene rings is 1. The average molecular weight is 333 g/mol. The van der Waals surface area contributed by atoms with Crippen LogP contribution in [0.25, 0.3) is 0 Å². The van der Waals surface area contributed by atoms with Gasteiger partial charge in [0.15, 0.2) is 0 Å². The van der Waals surface area contributed by atoms with E-state index in [1.54, 1.807) is 6.07 Å². The topological polar surface area (TPSA) is 66.9 Å². The fourth-order valence-corrected chi connectivity index (χ4v) is 2.53. The second-order valence-electron chi connectivity index (χ2n) is 5.63. The first-order chi connectivity index (χ1) is 10.9. The fraction of sp³-hybridized carbons (Fsp3) is 0.353. The Morgan fingerprint density at radius 3 is 2.65 bits per heavy atom. The molecule has 0 bridgehead atoms. The lowest BCUT2D eigenvalue weighted by Crippen LogP contribution is -2.18. The van der Waals surface area contributed by atoms with E-state index >= 15 is 0 Å². The summed E-state index contributed by atoms with van der Waals surface area (Å²) >= 11 is 6.23. The molecule has 0 radical (unpaired) electrons. The number of aromatic nitrogens is 2. The van der Waals surface area contributed by atoms with Gasteiger partial charge in [0.05, 0.1) is 10.7 Å². The molecule has 0 aliphatic heterocycles. The number of aryl methyl sites for hydroxylation is 2. The van der Waals surface area contributed by atoms with Gasteiger partial charge in [-0.1, -0.05) is 24.6 Å². The lowest BCUT2D eigenvalue weighted by atomic mass is 10.1. The van der Waals surface area contributed by atoms with Gasteiger partial charge in [0.2, 0.25) is 0 Å². The summed E-state index contributed by atoms with van der Waals surface area (Å²) in [7, 11) is 0. The number of carbonyl (C=O) groups is 1. The molecule has 2 rings (SSSR count). The zero-order valence-electron chi connectivity index (χ0n) is 13.8. The maximum atomic E-state index is 12.4. The molecule has 0 spiro atoms. The highest BCUT2D eigenvalue weighted by Gasteiger charge is 2.13. The first kappa shape index (κ1) is 17.2. The Balaban J connectivity index is 2.20. The number of nitrogens with one attached hydrogen (secondary N) is 2. The summed E-state index contributed by atoms with van der Waals surface area (Å²) in [5.41, 5.74) is 2.86. The third kappa shape index (κ3) is 4.42. The maximum Gasteiger partial charge on any atom is 0.274 e. The normalized spacial score (nSPS) is 11.9. The smallest absolute Gasteiger partial charge is 0.274 e. The van der Waals surface area contributed by atoms with Crippen molar-refractivity contribution in [2.45, 2.75) is 40.2 Å². The van der Waals surface area contributed by atoms with E-state index in [0.29, 0.717) is 22.2 Å². The Kier molecular flexibility index (Phi) is 5.55. The van der Waals surface area contributed by atoms with Crippen LogP contribution in [0.2, 0.25) is 5.02 Å². The van der Waals surface area contributed by atoms with E-state index in [1.807, 2.05) is 26.0 Å². The van der Waals surface area contributed by atoms with Crippen LogP contribution < -0.4 is 10.6 Å². The van der Waals surface area contributed by atoms with Crippen molar-refractivity contribution in [1.29, 1.82) is 0 Å². The fourth-order valence-electron chi connectivity index (χ4n) is 2.17. The van der Waals surface area contributed by atoms with E-state index in [0.717, 1.165) is 17.5 Å². The van der Waals surface area contributed by atoms with Gasteiger partial charge in [0.1, 0.15) is 17.8 Å². The van der Waals surface area contributed by atoms with E-state index < -0.39 is 0 Å². The van der Waals surface area contributed by atoms with Crippen molar-refractivity contribution in [3.8, 4) is 0 Å². The van der Waals surface area contributed by atoms with Gasteiger partial charge in [-0.25, -0.2) is 9.97 Å². The van der Waals surface area contributed by atoms with Crippen molar-refractivity contribution in [3.63, 3.8) is 0 Å². The van der Waals surface area contributed by atoms with E-state index in [9.17, 15) is 4.79 Å². The van der Waals surface area contributed by atoms with Crippen molar-refractivity contribution >= 4 is 29.0 Å². The minimum atomic E-state index is -0.312. The largest absolute Gasteiger partial charge is 0.368 e. The zero-order chi connectivity index (χ0) is 17.0. The summed E-state index contributed by atoms with van der Waals surface area (Å²) in [6, 6.07) is 5.70. The van der Waals surface area contributed by atoms with Crippen LogP contribution in [-0.2, 0) is 0 Å². The molecule has 122 valence electrons. The molecule has 1 heterocycles. The van der Waals surface area contributed by atoms with Crippen LogP contribution in [0.5, 0.6) is 0 Å². The maximum absolute atomic E-state index is 12.4. The van der Waals surface area contributed by atoms with E-state index in [-0.39, 0.29) is 11.9 Å². The number of hydrogen-bond donors (Lipinski definition) is 2. The highest BCUT2D eigenvalue weighted by atomic mass is 35.5. The molecule has 6 heteroatoms. The van der Waals surface area contributed by atoms with Gasteiger partial charge in [-0.05, 0) is 44.4 Å². The number of halogens is 1. The number of rotatable bonds is 5. The third-order valence-electron chi connectivity index (χ3n) is 3.58. The highest BCUT2D eigenvalue weighted by Crippen LogP contribution is 2.27. The number of nitrogens with zero attached hydrogens (tertiary/aromatic N) is 2. The predicted molar refractivity (Wildman–Crippen MR) is 94.3 cm³/mol. The van der Waals surface area contributed by atoms with Crippen LogP contribution in [0.15, 0.2) is 24.5 Å². The molecule has 1 amide bonds. The van der Waals surface area contributed by atoms with Gasteiger partial charge in [-0.15, -0.1) is 0 Å². The number of anilines is 2. The molecule has 0 saturated carbocycles. The Labute approximate surface area is 141 Å². The SMILES string of the molecule is CCC(C)Nc1cc(C(=O)Nc2c(C)cc(C)cc2Cl)ncn1. The van der Waals surface area contributed by atoms with Crippen LogP contribution in [0.1, 0.15) is 41.9 Å². The van der Waals surface area contributed by atoms with Gasteiger partial charge in [-0.2, -0.15) is 0 Å². The Hall–Kier alpha value is -2.14. The Morgan fingerprint density at radius 1 is 1.26 bits per heavy atom. The summed E-state index contributed by atoms with van der Waals surface area (Å²) < 4.78 is 0. The molecule has 0 aliphatic carbocycles. The Bertz CT molecular complexity index is 694. The molecule has 23 heavy (non-hydrogen) atoms. The minimum Gasteiger partial charge on any atom is -0.368 e. The molecule has 2 N–H and O–H groups in total. The first-order valence-corrected chi connectivity index (χ1v) is 7.95. The molecule has 5 nitrogen and oxygen atoms in total. The number of amides is 1. The predicted octanol–water partition coefficient (Wildman–Crippen LogP) is 4.21. The van der Waals surface area contributed by atoms with Gasteiger partial charge in [0, 0.05) is 12.1 Å². The van der Waals surface area contributed by atoms with E-state index in [4.69, 9.17) is 11.6 Å². The molecule has 2 aromatic rings. The Morgan fingerprint density at radius 2 is 2.00 bits per heavy atom. The highest BCUT2D eigenvalue weighted by molar-refractivity contribution is 6.34. The van der Waals surface area contributed by atoms with Crippen molar-refractivity contribution in [2.24, 2.45) is 0 Å². The standard InChI is InChI=1S/C17H21ClN4O/c1-5-12(4)21-15-8-14(19-9-20-15)17(23)22-16-11(3)6-10(2)7-13(16)18/h6-9,12H,5H2,1-4H3,(H,22,23)(H,19,20,21). The molecular weight excluding hydrogens is 312 g/mol. The zero-order valence-corrected chi connectivity index (χ0v) is 14.5. The summed E-state index contributed by atoms with van der Waals surface area (Å²) in [4.78, 5) is 20.6. The molecule has 0 saturated heterocycles. The molecule has 0 fully saturated rings. The molecule has 0 aliphatic rings. The van der Waals surface area contributed by atoms with Crippen LogP contribution >= 0.6 is 11.6 Å².